The number of para-hydroxylation sites is 2. The van der Waals surface area contributed by atoms with Gasteiger partial charge in [-0.3, -0.25) is 4.79 Å². The van der Waals surface area contributed by atoms with Gasteiger partial charge in [-0.05, 0) is 23.6 Å². The maximum absolute atomic E-state index is 13.6. The van der Waals surface area contributed by atoms with Gasteiger partial charge in [0.05, 0.1) is 5.92 Å². The number of hydrogen-bond acceptors (Lipinski definition) is 5. The molecule has 3 aromatic rings. The number of hydrogen-bond donors (Lipinski definition) is 0. The number of benzene rings is 2. The Balaban J connectivity index is 1.39. The Morgan fingerprint density at radius 2 is 1.47 bits per heavy atom. The van der Waals surface area contributed by atoms with Crippen molar-refractivity contribution in [2.45, 2.75) is 10.1 Å². The number of carbonyl (C=O) groups excluding carboxylic acids is 1. The molecule has 0 unspecified atom stereocenters. The van der Waals surface area contributed by atoms with E-state index in [2.05, 4.69) is 0 Å². The lowest BCUT2D eigenvalue weighted by molar-refractivity contribution is -0.133. The van der Waals surface area contributed by atoms with Crippen LogP contribution >= 0.6 is 11.3 Å². The maximum Gasteiger partial charge on any atom is 0.252 e. The molecule has 30 heavy (non-hydrogen) atoms. The molecule has 0 aliphatic carbocycles. The van der Waals surface area contributed by atoms with Gasteiger partial charge in [0, 0.05) is 37.3 Å². The third-order valence-electron chi connectivity index (χ3n) is 5.57. The van der Waals surface area contributed by atoms with Crippen LogP contribution in [0.3, 0.4) is 0 Å². The monoisotopic (exact) mass is 440 g/mol. The van der Waals surface area contributed by atoms with Gasteiger partial charge < -0.3 is 9.64 Å². The standard InChI is InChI=1S/C22H20N2O4S2/c25-22(23-11-13-24(14-12-23)30(26,27)20-10-5-15-29-20)21-16-6-1-3-8-18(16)28-19-9-4-2-7-17(19)21/h1-10,15,21H,11-14H2. The van der Waals surface area contributed by atoms with E-state index in [0.29, 0.717) is 41.9 Å². The molecule has 1 aromatic heterocycles. The summed E-state index contributed by atoms with van der Waals surface area (Å²) in [6.45, 7) is 1.31. The predicted molar refractivity (Wildman–Crippen MR) is 114 cm³/mol. The number of carbonyl (C=O) groups is 1. The summed E-state index contributed by atoms with van der Waals surface area (Å²) in [5.74, 6) is 0.903. The van der Waals surface area contributed by atoms with Gasteiger partial charge in [0.15, 0.2) is 0 Å². The molecule has 3 heterocycles. The molecule has 0 spiro atoms. The number of piperazine rings is 1. The molecule has 8 heteroatoms. The second-order valence-corrected chi connectivity index (χ2v) is 10.4. The molecule has 5 rings (SSSR count). The third kappa shape index (κ3) is 3.21. The zero-order valence-corrected chi connectivity index (χ0v) is 17.7. The largest absolute Gasteiger partial charge is 0.457 e. The zero-order valence-electron chi connectivity index (χ0n) is 16.1. The number of rotatable bonds is 3. The van der Waals surface area contributed by atoms with Crippen LogP contribution in [0.4, 0.5) is 0 Å². The van der Waals surface area contributed by atoms with Crippen LogP contribution in [0.2, 0.25) is 0 Å². The first kappa shape index (κ1) is 19.3. The minimum atomic E-state index is -3.50. The molecular formula is C22H20N2O4S2. The van der Waals surface area contributed by atoms with Crippen molar-refractivity contribution in [3.63, 3.8) is 0 Å². The fourth-order valence-corrected chi connectivity index (χ4v) is 6.61. The Bertz CT molecular complexity index is 1140. The van der Waals surface area contributed by atoms with Crippen molar-refractivity contribution in [2.75, 3.05) is 26.2 Å². The number of thiophene rings is 1. The van der Waals surface area contributed by atoms with E-state index in [1.54, 1.807) is 22.4 Å². The van der Waals surface area contributed by atoms with Crippen molar-refractivity contribution in [3.8, 4) is 11.5 Å². The van der Waals surface area contributed by atoms with Crippen molar-refractivity contribution >= 4 is 27.3 Å². The molecule has 0 atom stereocenters. The third-order valence-corrected chi connectivity index (χ3v) is 8.84. The van der Waals surface area contributed by atoms with Gasteiger partial charge in [0.2, 0.25) is 5.91 Å². The van der Waals surface area contributed by atoms with Gasteiger partial charge in [-0.15, -0.1) is 11.3 Å². The van der Waals surface area contributed by atoms with Crippen LogP contribution in [-0.4, -0.2) is 49.7 Å². The van der Waals surface area contributed by atoms with E-state index < -0.39 is 15.9 Å². The summed E-state index contributed by atoms with van der Waals surface area (Å²) in [6.07, 6.45) is 0. The molecule has 0 radical (unpaired) electrons. The summed E-state index contributed by atoms with van der Waals surface area (Å²) in [6, 6.07) is 18.5. The highest BCUT2D eigenvalue weighted by Gasteiger charge is 2.37. The molecule has 1 amide bonds. The molecule has 2 aliphatic rings. The van der Waals surface area contributed by atoms with E-state index >= 15 is 0 Å². The van der Waals surface area contributed by atoms with Gasteiger partial charge in [0.25, 0.3) is 10.0 Å². The molecule has 1 fully saturated rings. The Morgan fingerprint density at radius 1 is 0.867 bits per heavy atom. The highest BCUT2D eigenvalue weighted by atomic mass is 32.2. The summed E-state index contributed by atoms with van der Waals surface area (Å²) < 4.78 is 33.3. The smallest absolute Gasteiger partial charge is 0.252 e. The molecule has 154 valence electrons. The Labute approximate surface area is 179 Å². The van der Waals surface area contributed by atoms with Crippen LogP contribution < -0.4 is 4.74 Å². The molecule has 2 aliphatic heterocycles. The first-order valence-electron chi connectivity index (χ1n) is 9.74. The number of ether oxygens (including phenoxy) is 1. The lowest BCUT2D eigenvalue weighted by atomic mass is 9.86. The predicted octanol–water partition coefficient (Wildman–Crippen LogP) is 3.52. The van der Waals surface area contributed by atoms with Gasteiger partial charge in [-0.2, -0.15) is 4.31 Å². The second kappa shape index (κ2) is 7.54. The Hall–Kier alpha value is -2.68. The van der Waals surface area contributed by atoms with Crippen LogP contribution in [0.15, 0.2) is 70.3 Å². The SMILES string of the molecule is O=C(C1c2ccccc2Oc2ccccc21)N1CCN(S(=O)(=O)c2cccs2)CC1. The Kier molecular flexibility index (Phi) is 4.85. The first-order chi connectivity index (χ1) is 14.6. The first-order valence-corrected chi connectivity index (χ1v) is 12.1. The number of amides is 1. The van der Waals surface area contributed by atoms with Gasteiger partial charge >= 0.3 is 0 Å². The van der Waals surface area contributed by atoms with Gasteiger partial charge in [-0.25, -0.2) is 8.42 Å². The van der Waals surface area contributed by atoms with Crippen molar-refractivity contribution in [1.29, 1.82) is 0 Å². The van der Waals surface area contributed by atoms with Crippen molar-refractivity contribution < 1.29 is 17.9 Å². The number of fused-ring (bicyclic) bond motifs is 2. The molecule has 1 saturated heterocycles. The van der Waals surface area contributed by atoms with E-state index in [4.69, 9.17) is 4.74 Å². The fourth-order valence-electron chi connectivity index (χ4n) is 4.04. The summed E-state index contributed by atoms with van der Waals surface area (Å²) >= 11 is 1.21. The molecule has 0 N–H and O–H groups in total. The van der Waals surface area contributed by atoms with Crippen molar-refractivity contribution in [3.05, 3.63) is 77.2 Å². The normalized spacial score (nSPS) is 17.1. The topological polar surface area (TPSA) is 66.9 Å². The maximum atomic E-state index is 13.6. The summed E-state index contributed by atoms with van der Waals surface area (Å²) in [5, 5.41) is 1.76. The average molecular weight is 441 g/mol. The van der Waals surface area contributed by atoms with E-state index in [1.165, 1.54) is 15.6 Å². The van der Waals surface area contributed by atoms with Crippen molar-refractivity contribution in [1.82, 2.24) is 9.21 Å². The number of nitrogens with zero attached hydrogens (tertiary/aromatic N) is 2. The van der Waals surface area contributed by atoms with Gasteiger partial charge in [0.1, 0.15) is 15.7 Å². The molecule has 2 aromatic carbocycles. The van der Waals surface area contributed by atoms with E-state index in [-0.39, 0.29) is 5.91 Å². The summed E-state index contributed by atoms with van der Waals surface area (Å²) in [5.41, 5.74) is 1.68. The zero-order chi connectivity index (χ0) is 20.7. The fraction of sp³-hybridized carbons (Fsp3) is 0.227. The minimum absolute atomic E-state index is 0.0219. The average Bonchev–Trinajstić information content (AvgIpc) is 3.33. The van der Waals surface area contributed by atoms with E-state index in [9.17, 15) is 13.2 Å². The van der Waals surface area contributed by atoms with Crippen LogP contribution in [0.1, 0.15) is 17.0 Å². The van der Waals surface area contributed by atoms with Crippen LogP contribution in [0, 0.1) is 0 Å². The Morgan fingerprint density at radius 3 is 2.03 bits per heavy atom. The quantitative estimate of drug-likeness (QED) is 0.625. The lowest BCUT2D eigenvalue weighted by Crippen LogP contribution is -2.51. The van der Waals surface area contributed by atoms with Crippen LogP contribution in [0.5, 0.6) is 11.5 Å². The van der Waals surface area contributed by atoms with Crippen molar-refractivity contribution in [2.24, 2.45) is 0 Å². The summed E-state index contributed by atoms with van der Waals surface area (Å²) in [4.78, 5) is 15.3. The number of sulfonamides is 1. The molecule has 6 nitrogen and oxygen atoms in total. The highest BCUT2D eigenvalue weighted by molar-refractivity contribution is 7.91. The van der Waals surface area contributed by atoms with Crippen LogP contribution in [-0.2, 0) is 14.8 Å². The van der Waals surface area contributed by atoms with E-state index in [1.807, 2.05) is 48.5 Å². The molecular weight excluding hydrogens is 420 g/mol. The highest BCUT2D eigenvalue weighted by Crippen LogP contribution is 2.44. The molecule has 0 bridgehead atoms. The van der Waals surface area contributed by atoms with Gasteiger partial charge in [-0.1, -0.05) is 42.5 Å². The minimum Gasteiger partial charge on any atom is -0.457 e. The molecule has 0 saturated carbocycles. The van der Waals surface area contributed by atoms with Crippen LogP contribution in [0.25, 0.3) is 0 Å². The van der Waals surface area contributed by atoms with E-state index in [0.717, 1.165) is 11.1 Å². The lowest BCUT2D eigenvalue weighted by Gasteiger charge is -2.37. The second-order valence-electron chi connectivity index (χ2n) is 7.27. The summed E-state index contributed by atoms with van der Waals surface area (Å²) in [7, 11) is -3.50.